The highest BCUT2D eigenvalue weighted by atomic mass is 127. The van der Waals surface area contributed by atoms with E-state index >= 15 is 0 Å². The Morgan fingerprint density at radius 3 is 1.87 bits per heavy atom. The summed E-state index contributed by atoms with van der Waals surface area (Å²) in [6.07, 6.45) is 1.88. The zero-order chi connectivity index (χ0) is 23.6. The lowest BCUT2D eigenvalue weighted by Gasteiger charge is -2.45. The Labute approximate surface area is 209 Å². The number of carbonyl (C=O) groups is 1. The largest absolute Gasteiger partial charge is 0.344 e. The van der Waals surface area contributed by atoms with E-state index in [0.717, 1.165) is 25.9 Å². The third-order valence-electron chi connectivity index (χ3n) is 4.99. The normalized spacial score (nSPS) is 16.9. The third-order valence-corrected chi connectivity index (χ3v) is 9.83. The number of halogens is 1. The van der Waals surface area contributed by atoms with Gasteiger partial charge >= 0.3 is 0 Å². The van der Waals surface area contributed by atoms with Crippen molar-refractivity contribution in [3.8, 4) is 0 Å². The fourth-order valence-electron chi connectivity index (χ4n) is 3.75. The molecule has 1 fully saturated rings. The number of ether oxygens (including phenoxy) is 2. The van der Waals surface area contributed by atoms with Crippen LogP contribution in [0.5, 0.6) is 0 Å². The highest BCUT2D eigenvalue weighted by Crippen LogP contribution is 2.50. The number of nitrogens with zero attached hydrogens (tertiary/aromatic N) is 3. The standard InChI is InChI=1S/C21H43IN3O4PS/c1-16(2)24(17(3)4)30(25(18(5)6)19(7)8)29-14-27-13-28-15-31-21(26)20-9-11-23(22)12-10-20/h16-20H,9-15H2,1-8H3. The Morgan fingerprint density at radius 1 is 0.935 bits per heavy atom. The fourth-order valence-corrected chi connectivity index (χ4v) is 7.30. The third kappa shape index (κ3) is 10.8. The second-order valence-corrected chi connectivity index (χ2v) is 12.9. The number of thioether (sulfide) groups is 1. The van der Waals surface area contributed by atoms with Crippen molar-refractivity contribution in [3.05, 3.63) is 0 Å². The van der Waals surface area contributed by atoms with E-state index in [1.807, 2.05) is 0 Å². The van der Waals surface area contributed by atoms with Gasteiger partial charge in [0.2, 0.25) is 0 Å². The van der Waals surface area contributed by atoms with Crippen molar-refractivity contribution in [1.82, 2.24) is 12.5 Å². The molecule has 0 aromatic carbocycles. The van der Waals surface area contributed by atoms with Gasteiger partial charge in [-0.05, 0) is 68.2 Å². The van der Waals surface area contributed by atoms with E-state index in [0.29, 0.717) is 30.1 Å². The van der Waals surface area contributed by atoms with E-state index in [1.54, 1.807) is 0 Å². The molecule has 0 atom stereocenters. The van der Waals surface area contributed by atoms with Crippen LogP contribution in [0.2, 0.25) is 0 Å². The van der Waals surface area contributed by atoms with Crippen LogP contribution in [0.1, 0.15) is 68.2 Å². The van der Waals surface area contributed by atoms with Gasteiger partial charge in [0.1, 0.15) is 5.94 Å². The summed E-state index contributed by atoms with van der Waals surface area (Å²) in [4.78, 5) is 12.3. The molecule has 1 aliphatic rings. The summed E-state index contributed by atoms with van der Waals surface area (Å²) in [7, 11) is -0.970. The highest BCUT2D eigenvalue weighted by Gasteiger charge is 2.34. The first-order chi connectivity index (χ1) is 14.6. The van der Waals surface area contributed by atoms with Crippen molar-refractivity contribution in [2.75, 3.05) is 32.6 Å². The minimum absolute atomic E-state index is 0.127. The average Bonchev–Trinajstić information content (AvgIpc) is 2.66. The molecule has 0 saturated carbocycles. The molecule has 0 aromatic rings. The number of carbonyl (C=O) groups excluding carboxylic acids is 1. The van der Waals surface area contributed by atoms with Crippen molar-refractivity contribution in [2.45, 2.75) is 92.4 Å². The highest BCUT2D eigenvalue weighted by molar-refractivity contribution is 14.1. The zero-order valence-electron chi connectivity index (χ0n) is 20.5. The quantitative estimate of drug-likeness (QED) is 0.0840. The molecule has 0 bridgehead atoms. The summed E-state index contributed by atoms with van der Waals surface area (Å²) < 4.78 is 24.5. The van der Waals surface area contributed by atoms with Gasteiger partial charge in [-0.15, -0.1) is 0 Å². The van der Waals surface area contributed by atoms with Crippen LogP contribution in [0.4, 0.5) is 0 Å². The molecule has 0 unspecified atom stereocenters. The summed E-state index contributed by atoms with van der Waals surface area (Å²) in [5, 5.41) is 0.235. The summed E-state index contributed by atoms with van der Waals surface area (Å²) in [5.41, 5.74) is 0. The van der Waals surface area contributed by atoms with Crippen LogP contribution in [0, 0.1) is 5.92 Å². The lowest BCUT2D eigenvalue weighted by Crippen LogP contribution is -2.43. The zero-order valence-corrected chi connectivity index (χ0v) is 24.4. The monoisotopic (exact) mass is 591 g/mol. The maximum absolute atomic E-state index is 12.3. The Balaban J connectivity index is 2.43. The topological polar surface area (TPSA) is 54.5 Å². The summed E-state index contributed by atoms with van der Waals surface area (Å²) >= 11 is 3.58. The summed E-state index contributed by atoms with van der Waals surface area (Å²) in [5.74, 6) is 0.482. The first-order valence-electron chi connectivity index (χ1n) is 11.3. The average molecular weight is 592 g/mol. The lowest BCUT2D eigenvalue weighted by molar-refractivity contribution is -0.115. The van der Waals surface area contributed by atoms with Gasteiger partial charge in [0, 0.05) is 66.0 Å². The number of hydrogen-bond donors (Lipinski definition) is 0. The molecular formula is C21H43IN3O4PS. The number of rotatable bonds is 14. The predicted octanol–water partition coefficient (Wildman–Crippen LogP) is 5.70. The van der Waals surface area contributed by atoms with Crippen LogP contribution >= 0.6 is 43.1 Å². The van der Waals surface area contributed by atoms with Crippen molar-refractivity contribution >= 4 is 48.2 Å². The maximum atomic E-state index is 12.3. The van der Waals surface area contributed by atoms with Gasteiger partial charge < -0.3 is 14.0 Å². The molecule has 7 nitrogen and oxygen atoms in total. The number of piperidine rings is 1. The lowest BCUT2D eigenvalue weighted by atomic mass is 10.0. The molecule has 184 valence electrons. The van der Waals surface area contributed by atoms with E-state index < -0.39 is 8.45 Å². The van der Waals surface area contributed by atoms with Gasteiger partial charge in [-0.3, -0.25) is 4.79 Å². The van der Waals surface area contributed by atoms with E-state index in [2.05, 4.69) is 90.7 Å². The predicted molar refractivity (Wildman–Crippen MR) is 140 cm³/mol. The molecule has 1 saturated heterocycles. The molecule has 0 radical (unpaired) electrons. The molecular weight excluding hydrogens is 548 g/mol. The van der Waals surface area contributed by atoms with Crippen LogP contribution in [-0.4, -0.2) is 74.4 Å². The van der Waals surface area contributed by atoms with Gasteiger partial charge in [0.25, 0.3) is 0 Å². The SMILES string of the molecule is CC(C)N(C(C)C)P(OCOCOCSC(=O)C1CCN(I)CC1)N(C(C)C)C(C)C. The van der Waals surface area contributed by atoms with Crippen LogP contribution < -0.4 is 0 Å². The summed E-state index contributed by atoms with van der Waals surface area (Å²) in [6, 6.07) is 1.46. The minimum atomic E-state index is -0.970. The van der Waals surface area contributed by atoms with Crippen molar-refractivity contribution < 1.29 is 18.8 Å². The molecule has 0 N–H and O–H groups in total. The van der Waals surface area contributed by atoms with Gasteiger partial charge in [0.05, 0.1) is 0 Å². The van der Waals surface area contributed by atoms with Crippen molar-refractivity contribution in [3.63, 3.8) is 0 Å². The Kier molecular flexibility index (Phi) is 15.2. The smallest absolute Gasteiger partial charge is 0.194 e. The Morgan fingerprint density at radius 2 is 1.42 bits per heavy atom. The fraction of sp³-hybridized carbons (Fsp3) is 0.952. The first kappa shape index (κ1) is 30.0. The molecule has 1 rings (SSSR count). The molecule has 0 aromatic heterocycles. The Hall–Kier alpha value is 0.940. The molecule has 1 aliphatic heterocycles. The van der Waals surface area contributed by atoms with Gasteiger partial charge in [-0.2, -0.15) is 0 Å². The van der Waals surface area contributed by atoms with E-state index in [9.17, 15) is 4.79 Å². The van der Waals surface area contributed by atoms with Crippen LogP contribution in [0.25, 0.3) is 0 Å². The van der Waals surface area contributed by atoms with E-state index in [1.165, 1.54) is 11.8 Å². The Bertz CT molecular complexity index is 473. The van der Waals surface area contributed by atoms with Gasteiger partial charge in [-0.25, -0.2) is 12.5 Å². The molecule has 10 heteroatoms. The molecule has 0 aliphatic carbocycles. The second kappa shape index (κ2) is 15.8. The van der Waals surface area contributed by atoms with Crippen molar-refractivity contribution in [1.29, 1.82) is 0 Å². The number of hydrogen-bond acceptors (Lipinski definition) is 8. The van der Waals surface area contributed by atoms with Crippen LogP contribution in [-0.2, 0) is 18.8 Å². The molecule has 0 spiro atoms. The van der Waals surface area contributed by atoms with Gasteiger partial charge in [0.15, 0.2) is 27.2 Å². The minimum Gasteiger partial charge on any atom is -0.344 e. The van der Waals surface area contributed by atoms with E-state index in [-0.39, 0.29) is 24.6 Å². The second-order valence-electron chi connectivity index (χ2n) is 8.93. The summed E-state index contributed by atoms with van der Waals surface area (Å²) in [6.45, 7) is 19.9. The molecule has 0 amide bonds. The van der Waals surface area contributed by atoms with Crippen LogP contribution in [0.15, 0.2) is 0 Å². The van der Waals surface area contributed by atoms with Gasteiger partial charge in [-0.1, -0.05) is 11.8 Å². The maximum Gasteiger partial charge on any atom is 0.194 e. The first-order valence-corrected chi connectivity index (χ1v) is 14.4. The van der Waals surface area contributed by atoms with Crippen molar-refractivity contribution in [2.24, 2.45) is 5.92 Å². The molecule has 1 heterocycles. The van der Waals surface area contributed by atoms with Crippen LogP contribution in [0.3, 0.4) is 0 Å². The molecule has 31 heavy (non-hydrogen) atoms. The van der Waals surface area contributed by atoms with E-state index in [4.69, 9.17) is 14.0 Å².